The highest BCUT2D eigenvalue weighted by atomic mass is 15.0. The lowest BCUT2D eigenvalue weighted by molar-refractivity contribution is 0.421. The Bertz CT molecular complexity index is 266. The molecule has 4 nitrogen and oxygen atoms in total. The lowest BCUT2D eigenvalue weighted by Crippen LogP contribution is -2.40. The molecule has 1 aromatic rings. The van der Waals surface area contributed by atoms with E-state index in [1.54, 1.807) is 18.6 Å². The maximum absolute atomic E-state index is 4.18. The average molecular weight is 208 g/mol. The van der Waals surface area contributed by atoms with Crippen molar-refractivity contribution in [3.63, 3.8) is 0 Å². The first-order chi connectivity index (χ1) is 7.08. The van der Waals surface area contributed by atoms with Crippen LogP contribution in [0.1, 0.15) is 26.5 Å². The Morgan fingerprint density at radius 1 is 1.20 bits per heavy atom. The fraction of sp³-hybridized carbons (Fsp3) is 0.636. The van der Waals surface area contributed by atoms with Crippen LogP contribution in [0.5, 0.6) is 0 Å². The Morgan fingerprint density at radius 2 is 2.00 bits per heavy atom. The highest BCUT2D eigenvalue weighted by molar-refractivity contribution is 4.93. The van der Waals surface area contributed by atoms with E-state index in [9.17, 15) is 0 Å². The topological polar surface area (TPSA) is 49.8 Å². The molecule has 4 heteroatoms. The predicted molar refractivity (Wildman–Crippen MR) is 61.5 cm³/mol. The number of aromatic nitrogens is 2. The lowest BCUT2D eigenvalue weighted by atomic mass is 10.1. The van der Waals surface area contributed by atoms with Crippen LogP contribution in [0.2, 0.25) is 0 Å². The third kappa shape index (κ3) is 6.14. The molecule has 0 aliphatic heterocycles. The van der Waals surface area contributed by atoms with Crippen LogP contribution in [-0.2, 0) is 6.54 Å². The first-order valence-electron chi connectivity index (χ1n) is 5.28. The zero-order chi connectivity index (χ0) is 11.1. The second kappa shape index (κ2) is 5.78. The fourth-order valence-corrected chi connectivity index (χ4v) is 1.16. The van der Waals surface area contributed by atoms with Crippen LogP contribution >= 0.6 is 0 Å². The van der Waals surface area contributed by atoms with Crippen LogP contribution in [0, 0.1) is 0 Å². The minimum Gasteiger partial charge on any atom is -0.311 e. The third-order valence-corrected chi connectivity index (χ3v) is 1.88. The van der Waals surface area contributed by atoms with Gasteiger partial charge in [-0.2, -0.15) is 0 Å². The van der Waals surface area contributed by atoms with Crippen molar-refractivity contribution in [1.29, 1.82) is 0 Å². The van der Waals surface area contributed by atoms with Crippen LogP contribution in [0.4, 0.5) is 0 Å². The summed E-state index contributed by atoms with van der Waals surface area (Å²) in [5.41, 5.74) is 1.17. The van der Waals surface area contributed by atoms with Crippen molar-refractivity contribution >= 4 is 0 Å². The first kappa shape index (κ1) is 12.1. The molecule has 0 aromatic carbocycles. The molecule has 1 heterocycles. The average Bonchev–Trinajstić information content (AvgIpc) is 2.17. The van der Waals surface area contributed by atoms with Gasteiger partial charge in [0.25, 0.3) is 0 Å². The molecule has 0 bridgehead atoms. The van der Waals surface area contributed by atoms with Gasteiger partial charge in [0, 0.05) is 43.8 Å². The van der Waals surface area contributed by atoms with E-state index in [0.29, 0.717) is 0 Å². The van der Waals surface area contributed by atoms with Gasteiger partial charge in [-0.3, -0.25) is 9.97 Å². The monoisotopic (exact) mass is 208 g/mol. The van der Waals surface area contributed by atoms with Gasteiger partial charge >= 0.3 is 0 Å². The number of nitrogens with zero attached hydrogens (tertiary/aromatic N) is 2. The standard InChI is InChI=1S/C11H20N4/c1-11(2,3)15-7-5-13-9-10-8-12-4-6-14-10/h4,6,8,13,15H,5,7,9H2,1-3H3. The van der Waals surface area contributed by atoms with E-state index in [1.807, 2.05) is 0 Å². The summed E-state index contributed by atoms with van der Waals surface area (Å²) in [7, 11) is 0. The summed E-state index contributed by atoms with van der Waals surface area (Å²) < 4.78 is 0. The van der Waals surface area contributed by atoms with Gasteiger partial charge in [0.1, 0.15) is 0 Å². The van der Waals surface area contributed by atoms with Crippen LogP contribution in [-0.4, -0.2) is 28.6 Å². The molecule has 0 amide bonds. The highest BCUT2D eigenvalue weighted by Crippen LogP contribution is 1.96. The van der Waals surface area contributed by atoms with Gasteiger partial charge in [-0.1, -0.05) is 0 Å². The molecule has 1 aromatic heterocycles. The van der Waals surface area contributed by atoms with Gasteiger partial charge in [0.15, 0.2) is 0 Å². The van der Waals surface area contributed by atoms with E-state index in [1.165, 1.54) is 0 Å². The summed E-state index contributed by atoms with van der Waals surface area (Å²) in [5, 5.41) is 6.72. The fourth-order valence-electron chi connectivity index (χ4n) is 1.16. The van der Waals surface area contributed by atoms with Crippen LogP contribution in [0.3, 0.4) is 0 Å². The maximum Gasteiger partial charge on any atom is 0.0724 e. The van der Waals surface area contributed by atoms with Gasteiger partial charge in [-0.15, -0.1) is 0 Å². The molecule has 84 valence electrons. The highest BCUT2D eigenvalue weighted by Gasteiger charge is 2.06. The molecule has 0 saturated carbocycles. The Kier molecular flexibility index (Phi) is 4.65. The van der Waals surface area contributed by atoms with Crippen molar-refractivity contribution in [3.05, 3.63) is 24.3 Å². The molecule has 15 heavy (non-hydrogen) atoms. The van der Waals surface area contributed by atoms with Gasteiger partial charge in [-0.05, 0) is 20.8 Å². The quantitative estimate of drug-likeness (QED) is 0.708. The molecular weight excluding hydrogens is 188 g/mol. The van der Waals surface area contributed by atoms with E-state index in [4.69, 9.17) is 0 Å². The van der Waals surface area contributed by atoms with E-state index >= 15 is 0 Å². The summed E-state index contributed by atoms with van der Waals surface area (Å²) in [6.07, 6.45) is 5.18. The van der Waals surface area contributed by atoms with Crippen molar-refractivity contribution in [3.8, 4) is 0 Å². The molecule has 2 N–H and O–H groups in total. The van der Waals surface area contributed by atoms with Gasteiger partial charge < -0.3 is 10.6 Å². The number of nitrogens with one attached hydrogen (secondary N) is 2. The van der Waals surface area contributed by atoms with Crippen LogP contribution < -0.4 is 10.6 Å². The van der Waals surface area contributed by atoms with Crippen molar-refractivity contribution in [1.82, 2.24) is 20.6 Å². The van der Waals surface area contributed by atoms with Crippen LogP contribution in [0.25, 0.3) is 0 Å². The second-order valence-corrected chi connectivity index (χ2v) is 4.55. The maximum atomic E-state index is 4.18. The van der Waals surface area contributed by atoms with Gasteiger partial charge in [0.2, 0.25) is 0 Å². The Hall–Kier alpha value is -1.00. The molecule has 0 radical (unpaired) electrons. The number of hydrogen-bond donors (Lipinski definition) is 2. The normalized spacial score (nSPS) is 11.7. The van der Waals surface area contributed by atoms with E-state index < -0.39 is 0 Å². The van der Waals surface area contributed by atoms with E-state index in [-0.39, 0.29) is 5.54 Å². The first-order valence-corrected chi connectivity index (χ1v) is 5.28. The number of rotatable bonds is 5. The molecule has 1 rings (SSSR count). The Labute approximate surface area is 91.5 Å². The summed E-state index contributed by atoms with van der Waals surface area (Å²) in [6, 6.07) is 0. The smallest absolute Gasteiger partial charge is 0.0724 e. The summed E-state index contributed by atoms with van der Waals surface area (Å²) in [6.45, 7) is 9.16. The molecule has 0 aliphatic rings. The van der Waals surface area contributed by atoms with Gasteiger partial charge in [-0.25, -0.2) is 0 Å². The van der Waals surface area contributed by atoms with Crippen molar-refractivity contribution < 1.29 is 0 Å². The number of hydrogen-bond acceptors (Lipinski definition) is 4. The third-order valence-electron chi connectivity index (χ3n) is 1.88. The zero-order valence-electron chi connectivity index (χ0n) is 9.75. The molecule has 0 unspecified atom stereocenters. The van der Waals surface area contributed by atoms with Crippen LogP contribution in [0.15, 0.2) is 18.6 Å². The molecule has 0 spiro atoms. The largest absolute Gasteiger partial charge is 0.311 e. The Morgan fingerprint density at radius 3 is 2.60 bits per heavy atom. The van der Waals surface area contributed by atoms with Crippen molar-refractivity contribution in [2.24, 2.45) is 0 Å². The Balaban J connectivity index is 2.08. The van der Waals surface area contributed by atoms with Crippen molar-refractivity contribution in [2.45, 2.75) is 32.9 Å². The molecule has 0 saturated heterocycles. The zero-order valence-corrected chi connectivity index (χ0v) is 9.75. The van der Waals surface area contributed by atoms with Gasteiger partial charge in [0.05, 0.1) is 5.69 Å². The van der Waals surface area contributed by atoms with Crippen molar-refractivity contribution in [2.75, 3.05) is 13.1 Å². The van der Waals surface area contributed by atoms with E-state index in [0.717, 1.165) is 25.3 Å². The molecular formula is C11H20N4. The predicted octanol–water partition coefficient (Wildman–Crippen LogP) is 0.954. The minimum atomic E-state index is 0.189. The summed E-state index contributed by atoms with van der Waals surface area (Å²) in [5.74, 6) is 0. The molecule has 0 fully saturated rings. The lowest BCUT2D eigenvalue weighted by Gasteiger charge is -2.20. The minimum absolute atomic E-state index is 0.189. The molecule has 0 aliphatic carbocycles. The summed E-state index contributed by atoms with van der Waals surface area (Å²) >= 11 is 0. The van der Waals surface area contributed by atoms with E-state index in [2.05, 4.69) is 41.4 Å². The SMILES string of the molecule is CC(C)(C)NCCNCc1cnccn1. The molecule has 0 atom stereocenters. The summed E-state index contributed by atoms with van der Waals surface area (Å²) in [4.78, 5) is 8.18. The second-order valence-electron chi connectivity index (χ2n) is 4.55.